The zero-order valence-electron chi connectivity index (χ0n) is 11.3. The van der Waals surface area contributed by atoms with Gasteiger partial charge in [0.2, 0.25) is 11.8 Å². The Morgan fingerprint density at radius 2 is 2.37 bits per heavy atom. The van der Waals surface area contributed by atoms with Crippen molar-refractivity contribution in [3.05, 3.63) is 0 Å². The van der Waals surface area contributed by atoms with Crippen LogP contribution in [0.2, 0.25) is 0 Å². The number of amides is 2. The van der Waals surface area contributed by atoms with Crippen LogP contribution in [0, 0.1) is 0 Å². The average molecular weight is 308 g/mol. The summed E-state index contributed by atoms with van der Waals surface area (Å²) in [5, 5.41) is 3.29. The maximum absolute atomic E-state index is 12.3. The number of carbonyl (C=O) groups excluding carboxylic acids is 2. The van der Waals surface area contributed by atoms with Crippen LogP contribution < -0.4 is 5.32 Å². The molecule has 2 aliphatic rings. The molecule has 5 nitrogen and oxygen atoms in total. The van der Waals surface area contributed by atoms with Crippen LogP contribution in [-0.4, -0.2) is 65.5 Å². The molecule has 1 atom stereocenters. The molecular formula is C12H22ClN3O2S. The zero-order valence-corrected chi connectivity index (χ0v) is 12.9. The van der Waals surface area contributed by atoms with Gasteiger partial charge >= 0.3 is 0 Å². The van der Waals surface area contributed by atoms with Crippen LogP contribution in [0.4, 0.5) is 0 Å². The highest BCUT2D eigenvalue weighted by Crippen LogP contribution is 2.16. The first-order chi connectivity index (χ1) is 8.72. The van der Waals surface area contributed by atoms with Gasteiger partial charge in [0.1, 0.15) is 6.54 Å². The first-order valence-electron chi connectivity index (χ1n) is 6.58. The molecule has 19 heavy (non-hydrogen) atoms. The molecule has 2 amide bonds. The van der Waals surface area contributed by atoms with Gasteiger partial charge in [0, 0.05) is 19.1 Å². The first kappa shape index (κ1) is 16.6. The van der Waals surface area contributed by atoms with Crippen molar-refractivity contribution in [2.75, 3.05) is 37.8 Å². The highest BCUT2D eigenvalue weighted by atomic mass is 35.5. The molecule has 0 aromatic rings. The van der Waals surface area contributed by atoms with Crippen molar-refractivity contribution in [3.8, 4) is 0 Å². The molecule has 2 aliphatic heterocycles. The minimum Gasteiger partial charge on any atom is -0.337 e. The summed E-state index contributed by atoms with van der Waals surface area (Å²) in [6, 6.07) is 0.308. The van der Waals surface area contributed by atoms with Crippen LogP contribution in [0.25, 0.3) is 0 Å². The molecule has 0 radical (unpaired) electrons. The minimum absolute atomic E-state index is 0. The maximum atomic E-state index is 12.3. The van der Waals surface area contributed by atoms with Gasteiger partial charge in [0.15, 0.2) is 0 Å². The molecule has 1 unspecified atom stereocenters. The van der Waals surface area contributed by atoms with Crippen molar-refractivity contribution in [3.63, 3.8) is 0 Å². The van der Waals surface area contributed by atoms with Crippen molar-refractivity contribution in [2.24, 2.45) is 0 Å². The summed E-state index contributed by atoms with van der Waals surface area (Å²) < 4.78 is 0. The van der Waals surface area contributed by atoms with Crippen LogP contribution in [0.1, 0.15) is 19.8 Å². The Kier molecular flexibility index (Phi) is 6.96. The Hall–Kier alpha value is -0.460. The highest BCUT2D eigenvalue weighted by Gasteiger charge is 2.29. The predicted molar refractivity (Wildman–Crippen MR) is 79.6 cm³/mol. The lowest BCUT2D eigenvalue weighted by Gasteiger charge is -2.29. The summed E-state index contributed by atoms with van der Waals surface area (Å²) in [6.07, 6.45) is 1.99. The van der Waals surface area contributed by atoms with Crippen molar-refractivity contribution in [1.82, 2.24) is 15.1 Å². The van der Waals surface area contributed by atoms with Crippen molar-refractivity contribution >= 4 is 36.0 Å². The molecule has 2 heterocycles. The minimum atomic E-state index is 0. The molecule has 1 N–H and O–H groups in total. The van der Waals surface area contributed by atoms with E-state index in [9.17, 15) is 9.59 Å². The number of halogens is 1. The molecule has 0 aromatic carbocycles. The standard InChI is InChI=1S/C12H21N3O2S.ClH/c1-2-5-15(10-3-4-13-6-10)11(16)7-14-9-18-8-12(14)17;/h10,13H,2-9H2,1H3;1H. The Morgan fingerprint density at radius 1 is 1.58 bits per heavy atom. The van der Waals surface area contributed by atoms with E-state index in [-0.39, 0.29) is 30.8 Å². The summed E-state index contributed by atoms with van der Waals surface area (Å²) in [5.74, 6) is 1.37. The molecule has 0 aromatic heterocycles. The molecule has 2 rings (SSSR count). The normalized spacial score (nSPS) is 22.5. The van der Waals surface area contributed by atoms with Crippen LogP contribution in [0.3, 0.4) is 0 Å². The lowest BCUT2D eigenvalue weighted by atomic mass is 10.2. The second kappa shape index (κ2) is 7.97. The van der Waals surface area contributed by atoms with E-state index in [1.54, 1.807) is 16.7 Å². The first-order valence-corrected chi connectivity index (χ1v) is 7.73. The van der Waals surface area contributed by atoms with E-state index in [4.69, 9.17) is 0 Å². The monoisotopic (exact) mass is 307 g/mol. The number of nitrogens with zero attached hydrogens (tertiary/aromatic N) is 2. The van der Waals surface area contributed by atoms with E-state index < -0.39 is 0 Å². The van der Waals surface area contributed by atoms with Gasteiger partial charge in [-0.3, -0.25) is 9.59 Å². The quantitative estimate of drug-likeness (QED) is 0.805. The third-order valence-corrected chi connectivity index (χ3v) is 4.36. The van der Waals surface area contributed by atoms with E-state index >= 15 is 0 Å². The van der Waals surface area contributed by atoms with E-state index in [2.05, 4.69) is 12.2 Å². The van der Waals surface area contributed by atoms with Crippen molar-refractivity contribution in [1.29, 1.82) is 0 Å². The van der Waals surface area contributed by atoms with Gasteiger partial charge in [-0.15, -0.1) is 24.2 Å². The maximum Gasteiger partial charge on any atom is 0.242 e. The van der Waals surface area contributed by atoms with Gasteiger partial charge in [-0.25, -0.2) is 0 Å². The molecular weight excluding hydrogens is 286 g/mol. The number of rotatable bonds is 5. The highest BCUT2D eigenvalue weighted by molar-refractivity contribution is 8.00. The second-order valence-electron chi connectivity index (χ2n) is 4.80. The van der Waals surface area contributed by atoms with Gasteiger partial charge in [0.05, 0.1) is 11.6 Å². The number of hydrogen-bond acceptors (Lipinski definition) is 4. The Morgan fingerprint density at radius 3 is 2.89 bits per heavy atom. The Labute approximate surface area is 124 Å². The third-order valence-electron chi connectivity index (χ3n) is 3.41. The molecule has 7 heteroatoms. The second-order valence-corrected chi connectivity index (χ2v) is 5.76. The topological polar surface area (TPSA) is 52.7 Å². The molecule has 0 bridgehead atoms. The molecule has 2 fully saturated rings. The van der Waals surface area contributed by atoms with Gasteiger partial charge in [-0.05, 0) is 19.4 Å². The molecule has 2 saturated heterocycles. The SMILES string of the molecule is CCCN(C(=O)CN1CSCC1=O)C1CCNC1.Cl. The van der Waals surface area contributed by atoms with Crippen LogP contribution in [-0.2, 0) is 9.59 Å². The zero-order chi connectivity index (χ0) is 13.0. The van der Waals surface area contributed by atoms with Gasteiger partial charge < -0.3 is 15.1 Å². The molecule has 0 aliphatic carbocycles. The number of hydrogen-bond donors (Lipinski definition) is 1. The van der Waals surface area contributed by atoms with Crippen molar-refractivity contribution < 1.29 is 9.59 Å². The average Bonchev–Trinajstić information content (AvgIpc) is 2.99. The Balaban J connectivity index is 0.00000180. The summed E-state index contributed by atoms with van der Waals surface area (Å²) >= 11 is 1.58. The van der Waals surface area contributed by atoms with Crippen LogP contribution in [0.5, 0.6) is 0 Å². The molecule has 0 saturated carbocycles. The van der Waals surface area contributed by atoms with Crippen LogP contribution >= 0.6 is 24.2 Å². The van der Waals surface area contributed by atoms with E-state index in [1.807, 2.05) is 4.90 Å². The number of carbonyl (C=O) groups is 2. The van der Waals surface area contributed by atoms with E-state index in [0.717, 1.165) is 32.5 Å². The van der Waals surface area contributed by atoms with E-state index in [1.165, 1.54) is 0 Å². The lowest BCUT2D eigenvalue weighted by Crippen LogP contribution is -2.47. The summed E-state index contributed by atoms with van der Waals surface area (Å²) in [6.45, 7) is 4.99. The number of thioether (sulfide) groups is 1. The van der Waals surface area contributed by atoms with Gasteiger partial charge in [-0.2, -0.15) is 0 Å². The molecule has 0 spiro atoms. The summed E-state index contributed by atoms with van der Waals surface area (Å²) in [7, 11) is 0. The molecule has 110 valence electrons. The number of nitrogens with one attached hydrogen (secondary N) is 1. The summed E-state index contributed by atoms with van der Waals surface area (Å²) in [4.78, 5) is 27.5. The fraction of sp³-hybridized carbons (Fsp3) is 0.833. The fourth-order valence-electron chi connectivity index (χ4n) is 2.45. The van der Waals surface area contributed by atoms with Gasteiger partial charge in [0.25, 0.3) is 0 Å². The Bertz CT molecular complexity index is 324. The van der Waals surface area contributed by atoms with Gasteiger partial charge in [-0.1, -0.05) is 6.92 Å². The largest absolute Gasteiger partial charge is 0.337 e. The fourth-order valence-corrected chi connectivity index (χ4v) is 3.36. The third kappa shape index (κ3) is 4.26. The smallest absolute Gasteiger partial charge is 0.242 e. The predicted octanol–water partition coefficient (Wildman–Crippen LogP) is 0.542. The van der Waals surface area contributed by atoms with Crippen LogP contribution in [0.15, 0.2) is 0 Å². The van der Waals surface area contributed by atoms with Crippen molar-refractivity contribution in [2.45, 2.75) is 25.8 Å². The lowest BCUT2D eigenvalue weighted by molar-refractivity contribution is -0.139. The van der Waals surface area contributed by atoms with E-state index in [0.29, 0.717) is 17.7 Å². The summed E-state index contributed by atoms with van der Waals surface area (Å²) in [5.41, 5.74) is 0.